The first-order valence-corrected chi connectivity index (χ1v) is 5.78. The van der Waals surface area contributed by atoms with Crippen LogP contribution in [-0.2, 0) is 6.54 Å². The molecule has 2 rings (SSSR count). The zero-order valence-corrected chi connectivity index (χ0v) is 10.3. The molecule has 0 radical (unpaired) electrons. The summed E-state index contributed by atoms with van der Waals surface area (Å²) in [7, 11) is 0. The van der Waals surface area contributed by atoms with Crippen LogP contribution in [0.4, 0.5) is 5.69 Å². The van der Waals surface area contributed by atoms with Crippen LogP contribution in [0.25, 0.3) is 0 Å². The highest BCUT2D eigenvalue weighted by Gasteiger charge is 2.01. The number of phenols is 1. The highest BCUT2D eigenvalue weighted by Crippen LogP contribution is 2.20. The first kappa shape index (κ1) is 12.3. The van der Waals surface area contributed by atoms with Crippen molar-refractivity contribution in [3.63, 3.8) is 0 Å². The van der Waals surface area contributed by atoms with Crippen LogP contribution in [0, 0.1) is 11.3 Å². The molecule has 0 saturated carbocycles. The van der Waals surface area contributed by atoms with E-state index in [1.807, 2.05) is 24.3 Å². The monoisotopic (exact) mass is 258 g/mol. The molecule has 18 heavy (non-hydrogen) atoms. The van der Waals surface area contributed by atoms with Gasteiger partial charge in [-0.15, -0.1) is 0 Å². The van der Waals surface area contributed by atoms with E-state index < -0.39 is 0 Å². The van der Waals surface area contributed by atoms with E-state index in [0.717, 1.165) is 11.3 Å². The first-order chi connectivity index (χ1) is 8.69. The minimum absolute atomic E-state index is 0.247. The quantitative estimate of drug-likeness (QED) is 0.886. The van der Waals surface area contributed by atoms with Crippen molar-refractivity contribution in [3.05, 3.63) is 58.6 Å². The summed E-state index contributed by atoms with van der Waals surface area (Å²) < 4.78 is 0. The van der Waals surface area contributed by atoms with Crippen LogP contribution in [-0.4, -0.2) is 5.11 Å². The van der Waals surface area contributed by atoms with E-state index in [1.54, 1.807) is 24.3 Å². The van der Waals surface area contributed by atoms with Crippen molar-refractivity contribution in [2.45, 2.75) is 6.54 Å². The van der Waals surface area contributed by atoms with E-state index in [1.165, 1.54) is 0 Å². The molecule has 4 heteroatoms. The summed E-state index contributed by atoms with van der Waals surface area (Å²) in [6, 6.07) is 14.2. The third-order valence-electron chi connectivity index (χ3n) is 2.52. The molecule has 3 nitrogen and oxygen atoms in total. The summed E-state index contributed by atoms with van der Waals surface area (Å²) in [4.78, 5) is 0. The van der Waals surface area contributed by atoms with Gasteiger partial charge in [0.05, 0.1) is 10.6 Å². The predicted molar refractivity (Wildman–Crippen MR) is 71.6 cm³/mol. The van der Waals surface area contributed by atoms with Crippen molar-refractivity contribution in [1.29, 1.82) is 5.26 Å². The fourth-order valence-corrected chi connectivity index (χ4v) is 1.70. The van der Waals surface area contributed by atoms with Gasteiger partial charge >= 0.3 is 0 Å². The van der Waals surface area contributed by atoms with Gasteiger partial charge in [0, 0.05) is 12.2 Å². The molecule has 0 saturated heterocycles. The molecule has 0 aromatic heterocycles. The summed E-state index contributed by atoms with van der Waals surface area (Å²) in [6.45, 7) is 0.618. The molecular formula is C14H11ClN2O. The van der Waals surface area contributed by atoms with E-state index in [9.17, 15) is 0 Å². The van der Waals surface area contributed by atoms with Gasteiger partial charge in [0.1, 0.15) is 11.8 Å². The minimum Gasteiger partial charge on any atom is -0.508 e. The number of anilines is 1. The SMILES string of the molecule is N#Cc1cc(NCc2ccc(O)cc2)ccc1Cl. The normalized spacial score (nSPS) is 9.78. The molecule has 0 aliphatic rings. The van der Waals surface area contributed by atoms with Gasteiger partial charge in [-0.3, -0.25) is 0 Å². The Bertz CT molecular complexity index is 588. The molecular weight excluding hydrogens is 248 g/mol. The van der Waals surface area contributed by atoms with Crippen molar-refractivity contribution in [1.82, 2.24) is 0 Å². The van der Waals surface area contributed by atoms with Gasteiger partial charge < -0.3 is 10.4 Å². The summed E-state index contributed by atoms with van der Waals surface area (Å²) >= 11 is 5.85. The molecule has 2 aromatic rings. The van der Waals surface area contributed by atoms with E-state index in [2.05, 4.69) is 5.32 Å². The molecule has 0 spiro atoms. The Morgan fingerprint density at radius 2 is 1.89 bits per heavy atom. The largest absolute Gasteiger partial charge is 0.508 e. The Balaban J connectivity index is 2.06. The smallest absolute Gasteiger partial charge is 0.115 e. The van der Waals surface area contributed by atoms with Crippen LogP contribution >= 0.6 is 11.6 Å². The van der Waals surface area contributed by atoms with Crippen molar-refractivity contribution >= 4 is 17.3 Å². The third kappa shape index (κ3) is 2.93. The zero-order chi connectivity index (χ0) is 13.0. The molecule has 0 aliphatic heterocycles. The number of benzene rings is 2. The van der Waals surface area contributed by atoms with Crippen molar-refractivity contribution in [2.75, 3.05) is 5.32 Å². The molecule has 0 amide bonds. The second-order valence-corrected chi connectivity index (χ2v) is 4.23. The predicted octanol–water partition coefficient (Wildman–Crippen LogP) is 3.53. The molecule has 90 valence electrons. The fourth-order valence-electron chi connectivity index (χ4n) is 1.54. The van der Waals surface area contributed by atoms with E-state index in [0.29, 0.717) is 17.1 Å². The van der Waals surface area contributed by atoms with Crippen molar-refractivity contribution < 1.29 is 5.11 Å². The van der Waals surface area contributed by atoms with Crippen LogP contribution in [0.2, 0.25) is 5.02 Å². The number of nitrogens with zero attached hydrogens (tertiary/aromatic N) is 1. The number of hydrogen-bond acceptors (Lipinski definition) is 3. The van der Waals surface area contributed by atoms with Crippen molar-refractivity contribution in [2.24, 2.45) is 0 Å². The Morgan fingerprint density at radius 3 is 2.56 bits per heavy atom. The average molecular weight is 259 g/mol. The van der Waals surface area contributed by atoms with Gasteiger partial charge in [-0.2, -0.15) is 5.26 Å². The van der Waals surface area contributed by atoms with E-state index >= 15 is 0 Å². The molecule has 2 aromatic carbocycles. The summed E-state index contributed by atoms with van der Waals surface area (Å²) in [5, 5.41) is 21.7. The van der Waals surface area contributed by atoms with Gasteiger partial charge in [0.25, 0.3) is 0 Å². The molecule has 0 atom stereocenters. The lowest BCUT2D eigenvalue weighted by Gasteiger charge is -2.07. The lowest BCUT2D eigenvalue weighted by atomic mass is 10.2. The standard InChI is InChI=1S/C14H11ClN2O/c15-14-6-3-12(7-11(14)8-16)17-9-10-1-4-13(18)5-2-10/h1-7,17-18H,9H2. The maximum absolute atomic E-state index is 9.17. The number of nitriles is 1. The Hall–Kier alpha value is -2.18. The van der Waals surface area contributed by atoms with Gasteiger partial charge in [0.2, 0.25) is 0 Å². The second-order valence-electron chi connectivity index (χ2n) is 3.83. The number of halogens is 1. The molecule has 0 unspecified atom stereocenters. The third-order valence-corrected chi connectivity index (χ3v) is 2.85. The van der Waals surface area contributed by atoms with Crippen LogP contribution in [0.3, 0.4) is 0 Å². The topological polar surface area (TPSA) is 56.0 Å². The maximum Gasteiger partial charge on any atom is 0.115 e. The molecule has 0 bridgehead atoms. The van der Waals surface area contributed by atoms with Gasteiger partial charge in [-0.1, -0.05) is 23.7 Å². The van der Waals surface area contributed by atoms with E-state index in [4.69, 9.17) is 22.0 Å². The summed E-state index contributed by atoms with van der Waals surface area (Å²) in [5.41, 5.74) is 2.33. The number of nitrogens with one attached hydrogen (secondary N) is 1. The zero-order valence-electron chi connectivity index (χ0n) is 9.52. The lowest BCUT2D eigenvalue weighted by molar-refractivity contribution is 0.475. The highest BCUT2D eigenvalue weighted by molar-refractivity contribution is 6.31. The average Bonchev–Trinajstić information content (AvgIpc) is 2.39. The number of phenolic OH excluding ortho intramolecular Hbond substituents is 1. The van der Waals surface area contributed by atoms with Crippen LogP contribution in [0.15, 0.2) is 42.5 Å². The maximum atomic E-state index is 9.17. The van der Waals surface area contributed by atoms with Crippen LogP contribution in [0.1, 0.15) is 11.1 Å². The molecule has 0 heterocycles. The second kappa shape index (κ2) is 5.44. The lowest BCUT2D eigenvalue weighted by Crippen LogP contribution is -1.99. The Morgan fingerprint density at radius 1 is 1.17 bits per heavy atom. The minimum atomic E-state index is 0.247. The molecule has 0 fully saturated rings. The van der Waals surface area contributed by atoms with Gasteiger partial charge in [-0.25, -0.2) is 0 Å². The van der Waals surface area contributed by atoms with Gasteiger partial charge in [0.15, 0.2) is 0 Å². The number of aromatic hydroxyl groups is 1. The summed E-state index contributed by atoms with van der Waals surface area (Å²) in [6.07, 6.45) is 0. The Kier molecular flexibility index (Phi) is 3.71. The first-order valence-electron chi connectivity index (χ1n) is 5.40. The van der Waals surface area contributed by atoms with Gasteiger partial charge in [-0.05, 0) is 35.9 Å². The molecule has 2 N–H and O–H groups in total. The fraction of sp³-hybridized carbons (Fsp3) is 0.0714. The van der Waals surface area contributed by atoms with Crippen LogP contribution in [0.5, 0.6) is 5.75 Å². The van der Waals surface area contributed by atoms with Crippen LogP contribution < -0.4 is 5.32 Å². The Labute approximate surface area is 110 Å². The number of hydrogen-bond donors (Lipinski definition) is 2. The molecule has 0 aliphatic carbocycles. The highest BCUT2D eigenvalue weighted by atomic mass is 35.5. The van der Waals surface area contributed by atoms with E-state index in [-0.39, 0.29) is 5.75 Å². The van der Waals surface area contributed by atoms with Crippen molar-refractivity contribution in [3.8, 4) is 11.8 Å². The summed E-state index contributed by atoms with van der Waals surface area (Å²) in [5.74, 6) is 0.247. The number of rotatable bonds is 3.